The van der Waals surface area contributed by atoms with Crippen molar-refractivity contribution in [3.8, 4) is 0 Å². The predicted molar refractivity (Wildman–Crippen MR) is 80.0 cm³/mol. The zero-order chi connectivity index (χ0) is 18.4. The predicted octanol–water partition coefficient (Wildman–Crippen LogP) is -1.42. The molecule has 0 bridgehead atoms. The van der Waals surface area contributed by atoms with Gasteiger partial charge in [0.15, 0.2) is 6.10 Å². The highest BCUT2D eigenvalue weighted by molar-refractivity contribution is 5.83. The third-order valence-corrected chi connectivity index (χ3v) is 4.50. The average molecular weight is 360 g/mol. The summed E-state index contributed by atoms with van der Waals surface area (Å²) in [5.74, 6) is -4.17. The SMILES string of the molecule is NC(=O)[C@@H]1CCCN1c1ccn([C@@H]2O[C@H](CO)[C@@H](O)C2(F)F)c(=O)n1. The van der Waals surface area contributed by atoms with Crippen LogP contribution in [0.15, 0.2) is 17.1 Å². The van der Waals surface area contributed by atoms with E-state index in [9.17, 15) is 23.5 Å². The second-order valence-electron chi connectivity index (χ2n) is 6.06. The van der Waals surface area contributed by atoms with Crippen molar-refractivity contribution in [2.45, 2.75) is 43.2 Å². The van der Waals surface area contributed by atoms with Crippen LogP contribution in [0.1, 0.15) is 19.1 Å². The molecule has 2 aliphatic heterocycles. The topological polar surface area (TPSA) is 131 Å². The van der Waals surface area contributed by atoms with E-state index in [1.54, 1.807) is 4.90 Å². The van der Waals surface area contributed by atoms with Gasteiger partial charge in [0.25, 0.3) is 0 Å². The Hall–Kier alpha value is -2.11. The molecule has 1 aromatic heterocycles. The van der Waals surface area contributed by atoms with Crippen LogP contribution in [-0.2, 0) is 9.53 Å². The largest absolute Gasteiger partial charge is 0.394 e. The van der Waals surface area contributed by atoms with Crippen molar-refractivity contribution >= 4 is 11.7 Å². The van der Waals surface area contributed by atoms with Gasteiger partial charge in [-0.15, -0.1) is 0 Å². The zero-order valence-electron chi connectivity index (χ0n) is 13.1. The number of rotatable bonds is 4. The summed E-state index contributed by atoms with van der Waals surface area (Å²) >= 11 is 0. The molecule has 4 N–H and O–H groups in total. The third kappa shape index (κ3) is 2.87. The fourth-order valence-corrected chi connectivity index (χ4v) is 3.20. The van der Waals surface area contributed by atoms with Crippen molar-refractivity contribution in [3.05, 3.63) is 22.7 Å². The number of nitrogens with two attached hydrogens (primary N) is 1. The first-order valence-electron chi connectivity index (χ1n) is 7.74. The fraction of sp³-hybridized carbons (Fsp3) is 0.643. The first-order chi connectivity index (χ1) is 11.8. The second-order valence-corrected chi connectivity index (χ2v) is 6.06. The minimum absolute atomic E-state index is 0.156. The highest BCUT2D eigenvalue weighted by atomic mass is 19.3. The Kier molecular flexibility index (Phi) is 4.47. The lowest BCUT2D eigenvalue weighted by Gasteiger charge is -2.25. The maximum Gasteiger partial charge on any atom is 0.351 e. The monoisotopic (exact) mass is 360 g/mol. The van der Waals surface area contributed by atoms with E-state index in [-0.39, 0.29) is 5.82 Å². The van der Waals surface area contributed by atoms with E-state index in [1.165, 1.54) is 6.07 Å². The minimum atomic E-state index is -3.77. The van der Waals surface area contributed by atoms with E-state index in [2.05, 4.69) is 4.98 Å². The number of ether oxygens (including phenoxy) is 1. The van der Waals surface area contributed by atoms with E-state index >= 15 is 0 Å². The summed E-state index contributed by atoms with van der Waals surface area (Å²) in [6.45, 7) is -0.354. The fourth-order valence-electron chi connectivity index (χ4n) is 3.20. The number of aromatic nitrogens is 2. The lowest BCUT2D eigenvalue weighted by molar-refractivity contribution is -0.140. The molecule has 4 atom stereocenters. The Labute approximate surface area is 140 Å². The van der Waals surface area contributed by atoms with Gasteiger partial charge in [0, 0.05) is 12.7 Å². The van der Waals surface area contributed by atoms with Gasteiger partial charge in [-0.2, -0.15) is 13.8 Å². The summed E-state index contributed by atoms with van der Waals surface area (Å²) in [5, 5.41) is 18.5. The molecule has 1 aromatic rings. The third-order valence-electron chi connectivity index (χ3n) is 4.50. The molecule has 2 aliphatic rings. The molecule has 2 saturated heterocycles. The van der Waals surface area contributed by atoms with Gasteiger partial charge in [0.1, 0.15) is 18.0 Å². The number of hydrogen-bond acceptors (Lipinski definition) is 7. The smallest absolute Gasteiger partial charge is 0.351 e. The highest BCUT2D eigenvalue weighted by Gasteiger charge is 2.59. The van der Waals surface area contributed by atoms with Crippen LogP contribution < -0.4 is 16.3 Å². The van der Waals surface area contributed by atoms with Gasteiger partial charge in [-0.25, -0.2) is 4.79 Å². The number of amides is 1. The van der Waals surface area contributed by atoms with Crippen molar-refractivity contribution in [3.63, 3.8) is 0 Å². The zero-order valence-corrected chi connectivity index (χ0v) is 13.1. The molecule has 0 saturated carbocycles. The van der Waals surface area contributed by atoms with Crippen molar-refractivity contribution in [1.82, 2.24) is 9.55 Å². The molecular formula is C14H18F2N4O5. The molecule has 0 spiro atoms. The van der Waals surface area contributed by atoms with Crippen LogP contribution in [0.2, 0.25) is 0 Å². The van der Waals surface area contributed by atoms with Gasteiger partial charge in [-0.05, 0) is 18.9 Å². The molecule has 138 valence electrons. The summed E-state index contributed by atoms with van der Waals surface area (Å²) in [7, 11) is 0. The van der Waals surface area contributed by atoms with Crippen molar-refractivity contribution < 1.29 is 28.5 Å². The van der Waals surface area contributed by atoms with Gasteiger partial charge < -0.3 is 25.6 Å². The molecular weight excluding hydrogens is 342 g/mol. The van der Waals surface area contributed by atoms with Gasteiger partial charge in [0.2, 0.25) is 12.1 Å². The van der Waals surface area contributed by atoms with E-state index in [0.29, 0.717) is 24.0 Å². The first kappa shape index (κ1) is 17.7. The molecule has 2 fully saturated rings. The lowest BCUT2D eigenvalue weighted by Crippen LogP contribution is -2.43. The van der Waals surface area contributed by atoms with Crippen molar-refractivity contribution in [2.75, 3.05) is 18.1 Å². The number of alkyl halides is 2. The number of carbonyl (C=O) groups excluding carboxylic acids is 1. The van der Waals surface area contributed by atoms with Crippen LogP contribution in [0.3, 0.4) is 0 Å². The molecule has 25 heavy (non-hydrogen) atoms. The standard InChI is InChI=1S/C14H18F2N4O5/c15-14(16)10(22)8(6-21)25-12(14)20-5-3-9(18-13(20)24)19-4-1-2-7(19)11(17)23/h3,5,7-8,10,12,21-22H,1-2,4,6H2,(H2,17,23)/t7-,8+,10+,12+/m0/s1. The number of carbonyl (C=O) groups is 1. The van der Waals surface area contributed by atoms with E-state index in [4.69, 9.17) is 15.6 Å². The molecule has 1 amide bonds. The van der Waals surface area contributed by atoms with Gasteiger partial charge in [-0.1, -0.05) is 0 Å². The lowest BCUT2D eigenvalue weighted by atomic mass is 10.1. The number of aliphatic hydroxyl groups is 2. The number of halogens is 2. The normalized spacial score (nSPS) is 31.4. The summed E-state index contributed by atoms with van der Waals surface area (Å²) in [4.78, 5) is 28.9. The van der Waals surface area contributed by atoms with Crippen LogP contribution >= 0.6 is 0 Å². The number of anilines is 1. The minimum Gasteiger partial charge on any atom is -0.394 e. The molecule has 9 nitrogen and oxygen atoms in total. The van der Waals surface area contributed by atoms with Gasteiger partial charge >= 0.3 is 11.6 Å². The Balaban J connectivity index is 1.91. The second kappa shape index (κ2) is 6.32. The maximum atomic E-state index is 14.1. The summed E-state index contributed by atoms with van der Waals surface area (Å²) in [5.41, 5.74) is 4.29. The van der Waals surface area contributed by atoms with Crippen molar-refractivity contribution in [1.29, 1.82) is 0 Å². The molecule has 3 heterocycles. The van der Waals surface area contributed by atoms with Gasteiger partial charge in [-0.3, -0.25) is 9.36 Å². The molecule has 0 aliphatic carbocycles. The Morgan fingerprint density at radius 2 is 2.24 bits per heavy atom. The Morgan fingerprint density at radius 3 is 2.80 bits per heavy atom. The number of primary amides is 1. The average Bonchev–Trinajstić information content (AvgIpc) is 3.13. The summed E-state index contributed by atoms with van der Waals surface area (Å²) < 4.78 is 33.7. The van der Waals surface area contributed by atoms with Crippen LogP contribution in [-0.4, -0.2) is 63.0 Å². The van der Waals surface area contributed by atoms with E-state index in [0.717, 1.165) is 6.20 Å². The van der Waals surface area contributed by atoms with Crippen LogP contribution in [0.5, 0.6) is 0 Å². The van der Waals surface area contributed by atoms with Crippen LogP contribution in [0.4, 0.5) is 14.6 Å². The van der Waals surface area contributed by atoms with E-state index < -0.39 is 48.6 Å². The van der Waals surface area contributed by atoms with Crippen molar-refractivity contribution in [2.24, 2.45) is 5.73 Å². The van der Waals surface area contributed by atoms with Crippen LogP contribution in [0, 0.1) is 0 Å². The molecule has 0 unspecified atom stereocenters. The number of nitrogens with zero attached hydrogens (tertiary/aromatic N) is 3. The molecule has 11 heteroatoms. The Morgan fingerprint density at radius 1 is 1.52 bits per heavy atom. The molecule has 0 aromatic carbocycles. The molecule has 3 rings (SSSR count). The van der Waals surface area contributed by atoms with Crippen LogP contribution in [0.25, 0.3) is 0 Å². The number of aliphatic hydroxyl groups excluding tert-OH is 2. The number of hydrogen-bond donors (Lipinski definition) is 3. The first-order valence-corrected chi connectivity index (χ1v) is 7.74. The molecule has 0 radical (unpaired) electrons. The van der Waals surface area contributed by atoms with E-state index in [1.807, 2.05) is 0 Å². The quantitative estimate of drug-likeness (QED) is 0.601. The Bertz CT molecular complexity index is 727. The highest BCUT2D eigenvalue weighted by Crippen LogP contribution is 2.42. The summed E-state index contributed by atoms with van der Waals surface area (Å²) in [6, 6.07) is 0.702. The maximum absolute atomic E-state index is 14.1. The summed E-state index contributed by atoms with van der Waals surface area (Å²) in [6.07, 6.45) is -3.57. The van der Waals surface area contributed by atoms with Gasteiger partial charge in [0.05, 0.1) is 6.61 Å².